The van der Waals surface area contributed by atoms with Gasteiger partial charge in [0, 0.05) is 23.3 Å². The summed E-state index contributed by atoms with van der Waals surface area (Å²) in [5, 5.41) is 3.86. The molecule has 3 heterocycles. The first-order valence-electron chi connectivity index (χ1n) is 8.87. The summed E-state index contributed by atoms with van der Waals surface area (Å²) in [4.78, 5) is 35.8. The maximum absolute atomic E-state index is 12.8. The smallest absolute Gasteiger partial charge is 0.262 e. The van der Waals surface area contributed by atoms with Crippen LogP contribution in [0.3, 0.4) is 0 Å². The van der Waals surface area contributed by atoms with E-state index in [1.807, 2.05) is 18.4 Å². The van der Waals surface area contributed by atoms with Gasteiger partial charge in [-0.15, -0.1) is 11.3 Å². The van der Waals surface area contributed by atoms with Crippen molar-refractivity contribution in [3.05, 3.63) is 50.4 Å². The molecule has 0 spiro atoms. The van der Waals surface area contributed by atoms with Crippen LogP contribution in [0.5, 0.6) is 0 Å². The number of amides is 1. The lowest BCUT2D eigenvalue weighted by Crippen LogP contribution is -2.24. The average Bonchev–Trinajstić information content (AvgIpc) is 3.04. The fourth-order valence-corrected chi connectivity index (χ4v) is 4.38. The van der Waals surface area contributed by atoms with E-state index >= 15 is 0 Å². The second-order valence-electron chi connectivity index (χ2n) is 6.53. The highest BCUT2D eigenvalue weighted by atomic mass is 32.1. The average molecular weight is 368 g/mol. The van der Waals surface area contributed by atoms with Crippen molar-refractivity contribution in [3.8, 4) is 0 Å². The van der Waals surface area contributed by atoms with Crippen molar-refractivity contribution in [3.63, 3.8) is 0 Å². The molecule has 0 radical (unpaired) electrons. The van der Waals surface area contributed by atoms with Crippen LogP contribution in [-0.2, 0) is 19.4 Å². The standard InChI is InChI=1S/C19H20N4O2S/c1-3-23-10-13(16(24)12-9-8-11(2)20-17(12)23)18(25)22-19-21-14-6-4-5-7-15(14)26-19/h8-10H,3-7H2,1-2H3,(H,21,22,25). The summed E-state index contributed by atoms with van der Waals surface area (Å²) in [6, 6.07) is 3.53. The van der Waals surface area contributed by atoms with Crippen LogP contribution in [0.1, 0.15) is 46.4 Å². The Bertz CT molecular complexity index is 1040. The van der Waals surface area contributed by atoms with Gasteiger partial charge in [0.15, 0.2) is 5.13 Å². The lowest BCUT2D eigenvalue weighted by molar-refractivity contribution is 0.102. The third-order valence-electron chi connectivity index (χ3n) is 4.71. The van der Waals surface area contributed by atoms with Crippen molar-refractivity contribution in [2.24, 2.45) is 0 Å². The quantitative estimate of drug-likeness (QED) is 0.769. The van der Waals surface area contributed by atoms with Crippen molar-refractivity contribution in [1.82, 2.24) is 14.5 Å². The van der Waals surface area contributed by atoms with Crippen molar-refractivity contribution >= 4 is 33.4 Å². The summed E-state index contributed by atoms with van der Waals surface area (Å²) in [5.41, 5.74) is 2.36. The number of fused-ring (bicyclic) bond motifs is 2. The summed E-state index contributed by atoms with van der Waals surface area (Å²) >= 11 is 1.52. The molecule has 1 amide bonds. The molecule has 6 nitrogen and oxygen atoms in total. The van der Waals surface area contributed by atoms with Crippen LogP contribution in [0.4, 0.5) is 5.13 Å². The zero-order chi connectivity index (χ0) is 18.3. The maximum Gasteiger partial charge on any atom is 0.262 e. The van der Waals surface area contributed by atoms with Crippen molar-refractivity contribution < 1.29 is 4.79 Å². The number of carbonyl (C=O) groups is 1. The molecule has 1 N–H and O–H groups in total. The van der Waals surface area contributed by atoms with Gasteiger partial charge in [-0.1, -0.05) is 0 Å². The monoisotopic (exact) mass is 368 g/mol. The number of anilines is 1. The minimum Gasteiger partial charge on any atom is -0.332 e. The van der Waals surface area contributed by atoms with Gasteiger partial charge in [-0.05, 0) is 51.7 Å². The summed E-state index contributed by atoms with van der Waals surface area (Å²) in [6.45, 7) is 4.47. The Labute approximate surface area is 154 Å². The lowest BCUT2D eigenvalue weighted by atomic mass is 10.0. The van der Waals surface area contributed by atoms with Crippen molar-refractivity contribution in [2.75, 3.05) is 5.32 Å². The van der Waals surface area contributed by atoms with E-state index in [1.54, 1.807) is 18.3 Å². The Balaban J connectivity index is 1.72. The van der Waals surface area contributed by atoms with E-state index in [-0.39, 0.29) is 11.0 Å². The molecule has 134 valence electrons. The van der Waals surface area contributed by atoms with Crippen LogP contribution in [0.15, 0.2) is 23.1 Å². The Morgan fingerprint density at radius 2 is 2.08 bits per heavy atom. The van der Waals surface area contributed by atoms with E-state index in [0.29, 0.717) is 22.7 Å². The Morgan fingerprint density at radius 1 is 1.27 bits per heavy atom. The number of aryl methyl sites for hydroxylation is 4. The molecule has 0 unspecified atom stereocenters. The van der Waals surface area contributed by atoms with Gasteiger partial charge in [0.1, 0.15) is 11.2 Å². The van der Waals surface area contributed by atoms with Gasteiger partial charge < -0.3 is 4.57 Å². The molecule has 0 atom stereocenters. The molecule has 26 heavy (non-hydrogen) atoms. The number of carbonyl (C=O) groups excluding carboxylic acids is 1. The predicted molar refractivity (Wildman–Crippen MR) is 103 cm³/mol. The number of aromatic nitrogens is 3. The number of hydrogen-bond acceptors (Lipinski definition) is 5. The van der Waals surface area contributed by atoms with E-state index in [4.69, 9.17) is 0 Å². The molecule has 0 aliphatic heterocycles. The second kappa shape index (κ2) is 6.64. The highest BCUT2D eigenvalue weighted by Crippen LogP contribution is 2.29. The van der Waals surface area contributed by atoms with Gasteiger partial charge in [-0.3, -0.25) is 14.9 Å². The zero-order valence-electron chi connectivity index (χ0n) is 14.8. The van der Waals surface area contributed by atoms with Crippen LogP contribution in [0, 0.1) is 6.92 Å². The first-order valence-corrected chi connectivity index (χ1v) is 9.69. The molecule has 0 aromatic carbocycles. The number of nitrogens with one attached hydrogen (secondary N) is 1. The summed E-state index contributed by atoms with van der Waals surface area (Å²) in [7, 11) is 0. The van der Waals surface area contributed by atoms with Crippen molar-refractivity contribution in [1.29, 1.82) is 0 Å². The highest BCUT2D eigenvalue weighted by Gasteiger charge is 2.20. The highest BCUT2D eigenvalue weighted by molar-refractivity contribution is 7.15. The third-order valence-corrected chi connectivity index (χ3v) is 5.78. The normalized spacial score (nSPS) is 13.6. The molecule has 0 fully saturated rings. The Kier molecular flexibility index (Phi) is 4.32. The van der Waals surface area contributed by atoms with Gasteiger partial charge in [0.05, 0.1) is 11.1 Å². The van der Waals surface area contributed by atoms with Gasteiger partial charge >= 0.3 is 0 Å². The van der Waals surface area contributed by atoms with Crippen LogP contribution in [0.2, 0.25) is 0 Å². The fourth-order valence-electron chi connectivity index (χ4n) is 3.33. The molecular weight excluding hydrogens is 348 g/mol. The van der Waals surface area contributed by atoms with E-state index < -0.39 is 5.91 Å². The number of thiazole rings is 1. The SMILES string of the molecule is CCn1cc(C(=O)Nc2nc3c(s2)CCCC3)c(=O)c2ccc(C)nc21. The molecular formula is C19H20N4O2S. The minimum absolute atomic E-state index is 0.123. The molecule has 4 rings (SSSR count). The molecule has 7 heteroatoms. The Morgan fingerprint density at radius 3 is 2.85 bits per heavy atom. The van der Waals surface area contributed by atoms with E-state index in [1.165, 1.54) is 22.6 Å². The number of pyridine rings is 2. The van der Waals surface area contributed by atoms with Crippen molar-refractivity contribution in [2.45, 2.75) is 46.1 Å². The van der Waals surface area contributed by atoms with Crippen LogP contribution in [-0.4, -0.2) is 20.4 Å². The first kappa shape index (κ1) is 16.9. The molecule has 3 aromatic heterocycles. The zero-order valence-corrected chi connectivity index (χ0v) is 15.7. The number of rotatable bonds is 3. The predicted octanol–water partition coefficient (Wildman–Crippen LogP) is 3.31. The van der Waals surface area contributed by atoms with E-state index in [2.05, 4.69) is 15.3 Å². The molecule has 1 aliphatic carbocycles. The van der Waals surface area contributed by atoms with Gasteiger partial charge in [-0.2, -0.15) is 0 Å². The molecule has 3 aromatic rings. The van der Waals surface area contributed by atoms with Gasteiger partial charge in [0.2, 0.25) is 5.43 Å². The third kappa shape index (κ3) is 2.92. The summed E-state index contributed by atoms with van der Waals surface area (Å²) < 4.78 is 1.84. The fraction of sp³-hybridized carbons (Fsp3) is 0.368. The van der Waals surface area contributed by atoms with Gasteiger partial charge in [0.25, 0.3) is 5.91 Å². The maximum atomic E-state index is 12.8. The van der Waals surface area contributed by atoms with Crippen LogP contribution < -0.4 is 10.7 Å². The summed E-state index contributed by atoms with van der Waals surface area (Å²) in [5.74, 6) is -0.411. The van der Waals surface area contributed by atoms with E-state index in [9.17, 15) is 9.59 Å². The molecule has 1 aliphatic rings. The van der Waals surface area contributed by atoms with E-state index in [0.717, 1.165) is 30.7 Å². The topological polar surface area (TPSA) is 76.9 Å². The lowest BCUT2D eigenvalue weighted by Gasteiger charge is -2.11. The van der Waals surface area contributed by atoms with Gasteiger partial charge in [-0.25, -0.2) is 9.97 Å². The largest absolute Gasteiger partial charge is 0.332 e. The molecule has 0 bridgehead atoms. The Hall–Kier alpha value is -2.54. The first-order chi connectivity index (χ1) is 12.6. The summed E-state index contributed by atoms with van der Waals surface area (Å²) in [6.07, 6.45) is 5.89. The molecule has 0 saturated heterocycles. The minimum atomic E-state index is -0.411. The molecule has 0 saturated carbocycles. The number of hydrogen-bond donors (Lipinski definition) is 1. The van der Waals surface area contributed by atoms with Crippen LogP contribution >= 0.6 is 11.3 Å². The van der Waals surface area contributed by atoms with Crippen LogP contribution in [0.25, 0.3) is 11.0 Å². The second-order valence-corrected chi connectivity index (χ2v) is 7.62. The number of nitrogens with zero attached hydrogens (tertiary/aromatic N) is 3.